The number of carbonyl (C=O) groups is 1. The van der Waals surface area contributed by atoms with Gasteiger partial charge in [0.2, 0.25) is 11.8 Å². The maximum Gasteiger partial charge on any atom is 0.410 e. The first-order chi connectivity index (χ1) is 17.2. The van der Waals surface area contributed by atoms with E-state index in [-0.39, 0.29) is 24.2 Å². The van der Waals surface area contributed by atoms with E-state index in [4.69, 9.17) is 14.5 Å². The molecule has 1 amide bonds. The Balaban J connectivity index is 1.50. The fourth-order valence-electron chi connectivity index (χ4n) is 4.71. The Morgan fingerprint density at radius 2 is 1.83 bits per heavy atom. The second-order valence-electron chi connectivity index (χ2n) is 10.6. The summed E-state index contributed by atoms with van der Waals surface area (Å²) in [5.41, 5.74) is 1.34. The van der Waals surface area contributed by atoms with Gasteiger partial charge in [-0.15, -0.1) is 0 Å². The molecule has 1 aliphatic heterocycles. The lowest BCUT2D eigenvalue weighted by Gasteiger charge is -2.34. The summed E-state index contributed by atoms with van der Waals surface area (Å²) < 4.78 is 10.8. The van der Waals surface area contributed by atoms with E-state index in [0.29, 0.717) is 24.9 Å². The molecule has 2 fully saturated rings. The SMILES string of the molecule is COc1cc(Nc2ncc(C3CCN(C(=O)OC(C)(C)C)CC3)c(NC3CCC(O)CC3)n2)ccn1. The van der Waals surface area contributed by atoms with Crippen LogP contribution in [0.5, 0.6) is 5.88 Å². The molecule has 10 nitrogen and oxygen atoms in total. The Bertz CT molecular complexity index is 1030. The molecule has 1 saturated carbocycles. The highest BCUT2D eigenvalue weighted by Crippen LogP contribution is 2.34. The molecular weight excluding hydrogens is 460 g/mol. The number of methoxy groups -OCH3 is 1. The molecule has 10 heteroatoms. The quantitative estimate of drug-likeness (QED) is 0.530. The fraction of sp³-hybridized carbons (Fsp3) is 0.615. The van der Waals surface area contributed by atoms with Crippen LogP contribution in [0.3, 0.4) is 0 Å². The normalized spacial score (nSPS) is 21.1. The number of hydrogen-bond donors (Lipinski definition) is 3. The van der Waals surface area contributed by atoms with Crippen LogP contribution < -0.4 is 15.4 Å². The summed E-state index contributed by atoms with van der Waals surface area (Å²) in [6.45, 7) is 6.91. The topological polar surface area (TPSA) is 122 Å². The second-order valence-corrected chi connectivity index (χ2v) is 10.6. The average Bonchev–Trinajstić information content (AvgIpc) is 2.85. The molecule has 1 aliphatic carbocycles. The Morgan fingerprint density at radius 3 is 2.50 bits per heavy atom. The van der Waals surface area contributed by atoms with Crippen LogP contribution in [-0.2, 0) is 4.74 Å². The van der Waals surface area contributed by atoms with E-state index in [1.54, 1.807) is 24.3 Å². The summed E-state index contributed by atoms with van der Waals surface area (Å²) >= 11 is 0. The smallest absolute Gasteiger partial charge is 0.410 e. The summed E-state index contributed by atoms with van der Waals surface area (Å²) in [5, 5.41) is 16.8. The van der Waals surface area contributed by atoms with E-state index in [0.717, 1.165) is 55.6 Å². The van der Waals surface area contributed by atoms with Crippen LogP contribution in [0.15, 0.2) is 24.5 Å². The number of ether oxygens (including phenoxy) is 2. The summed E-state index contributed by atoms with van der Waals surface area (Å²) in [7, 11) is 1.58. The lowest BCUT2D eigenvalue weighted by molar-refractivity contribution is 0.0205. The van der Waals surface area contributed by atoms with E-state index < -0.39 is 5.60 Å². The fourth-order valence-corrected chi connectivity index (χ4v) is 4.71. The third kappa shape index (κ3) is 6.96. The van der Waals surface area contributed by atoms with Crippen molar-refractivity contribution in [3.8, 4) is 5.88 Å². The number of likely N-dealkylation sites (tertiary alicyclic amines) is 1. The van der Waals surface area contributed by atoms with Crippen molar-refractivity contribution in [2.45, 2.75) is 83.0 Å². The predicted octanol–water partition coefficient (Wildman–Crippen LogP) is 4.45. The van der Waals surface area contributed by atoms with Crippen LogP contribution in [0.25, 0.3) is 0 Å². The van der Waals surface area contributed by atoms with Gasteiger partial charge in [-0.3, -0.25) is 0 Å². The van der Waals surface area contributed by atoms with Gasteiger partial charge in [-0.05, 0) is 71.3 Å². The molecule has 36 heavy (non-hydrogen) atoms. The van der Waals surface area contributed by atoms with Crippen LogP contribution in [0.1, 0.15) is 70.8 Å². The van der Waals surface area contributed by atoms with Crippen molar-refractivity contribution in [2.75, 3.05) is 30.8 Å². The van der Waals surface area contributed by atoms with Crippen molar-refractivity contribution in [3.05, 3.63) is 30.1 Å². The Kier molecular flexibility index (Phi) is 8.13. The maximum absolute atomic E-state index is 12.5. The number of carbonyl (C=O) groups excluding carboxylic acids is 1. The molecule has 0 aromatic carbocycles. The molecular formula is C26H38N6O4. The van der Waals surface area contributed by atoms with Gasteiger partial charge in [0.05, 0.1) is 13.2 Å². The highest BCUT2D eigenvalue weighted by atomic mass is 16.6. The van der Waals surface area contributed by atoms with Crippen molar-refractivity contribution < 1.29 is 19.4 Å². The van der Waals surface area contributed by atoms with E-state index in [2.05, 4.69) is 20.6 Å². The van der Waals surface area contributed by atoms with Gasteiger partial charge in [-0.25, -0.2) is 14.8 Å². The maximum atomic E-state index is 12.5. The van der Waals surface area contributed by atoms with E-state index in [1.165, 1.54) is 0 Å². The number of nitrogens with zero attached hydrogens (tertiary/aromatic N) is 4. The van der Waals surface area contributed by atoms with Crippen molar-refractivity contribution in [1.29, 1.82) is 0 Å². The number of aromatic nitrogens is 3. The first-order valence-corrected chi connectivity index (χ1v) is 12.8. The standard InChI is InChI=1S/C26H38N6O4/c1-26(2,3)36-25(34)32-13-10-17(11-14-32)21-16-28-24(30-19-9-12-27-22(15-19)35-4)31-23(21)29-18-5-7-20(33)8-6-18/h9,12,15-18,20,33H,5-8,10-11,13-14H2,1-4H3,(H2,27,28,29,30,31). The van der Waals surface area contributed by atoms with Crippen LogP contribution in [0.2, 0.25) is 0 Å². The number of pyridine rings is 1. The van der Waals surface area contributed by atoms with E-state index >= 15 is 0 Å². The van der Waals surface area contributed by atoms with Crippen molar-refractivity contribution in [1.82, 2.24) is 19.9 Å². The van der Waals surface area contributed by atoms with Gasteiger partial charge in [0.15, 0.2) is 0 Å². The Hall–Kier alpha value is -3.14. The molecule has 0 atom stereocenters. The number of rotatable bonds is 6. The van der Waals surface area contributed by atoms with Crippen LogP contribution in [-0.4, -0.2) is 69.0 Å². The van der Waals surface area contributed by atoms with Gasteiger partial charge in [-0.2, -0.15) is 4.98 Å². The number of amides is 1. The molecule has 196 valence electrons. The molecule has 0 radical (unpaired) electrons. The highest BCUT2D eigenvalue weighted by molar-refractivity contribution is 5.68. The summed E-state index contributed by atoms with van der Waals surface area (Å²) in [6, 6.07) is 3.87. The number of nitrogens with one attached hydrogen (secondary N) is 2. The minimum absolute atomic E-state index is 0.219. The van der Waals surface area contributed by atoms with Gasteiger partial charge < -0.3 is 30.1 Å². The van der Waals surface area contributed by atoms with Gasteiger partial charge in [-0.1, -0.05) is 0 Å². The molecule has 0 bridgehead atoms. The average molecular weight is 499 g/mol. The van der Waals surface area contributed by atoms with E-state index in [1.807, 2.05) is 33.0 Å². The summed E-state index contributed by atoms with van der Waals surface area (Å²) in [5.74, 6) is 2.03. The van der Waals surface area contributed by atoms with Crippen LogP contribution in [0, 0.1) is 0 Å². The van der Waals surface area contributed by atoms with Gasteiger partial charge in [0.1, 0.15) is 11.4 Å². The lowest BCUT2D eigenvalue weighted by Crippen LogP contribution is -2.41. The molecule has 2 aromatic heterocycles. The number of aliphatic hydroxyl groups excluding tert-OH is 1. The van der Waals surface area contributed by atoms with Gasteiger partial charge in [0.25, 0.3) is 0 Å². The van der Waals surface area contributed by atoms with Crippen molar-refractivity contribution in [2.24, 2.45) is 0 Å². The van der Waals surface area contributed by atoms with Gasteiger partial charge >= 0.3 is 6.09 Å². The first kappa shape index (κ1) is 25.9. The molecule has 3 N–H and O–H groups in total. The number of hydrogen-bond acceptors (Lipinski definition) is 9. The molecule has 2 aliphatic rings. The van der Waals surface area contributed by atoms with Crippen LogP contribution in [0.4, 0.5) is 22.2 Å². The zero-order valence-electron chi connectivity index (χ0n) is 21.7. The third-order valence-corrected chi connectivity index (χ3v) is 6.64. The lowest BCUT2D eigenvalue weighted by atomic mass is 9.89. The van der Waals surface area contributed by atoms with Crippen LogP contribution >= 0.6 is 0 Å². The second kappa shape index (κ2) is 11.3. The molecule has 0 unspecified atom stereocenters. The predicted molar refractivity (Wildman–Crippen MR) is 138 cm³/mol. The summed E-state index contributed by atoms with van der Waals surface area (Å²) in [6.07, 6.45) is 8.07. The van der Waals surface area contributed by atoms with E-state index in [9.17, 15) is 9.90 Å². The number of aliphatic hydroxyl groups is 1. The first-order valence-electron chi connectivity index (χ1n) is 12.8. The highest BCUT2D eigenvalue weighted by Gasteiger charge is 2.30. The van der Waals surface area contributed by atoms with Crippen molar-refractivity contribution in [3.63, 3.8) is 0 Å². The van der Waals surface area contributed by atoms with Gasteiger partial charge in [0, 0.05) is 48.8 Å². The monoisotopic (exact) mass is 498 g/mol. The molecule has 4 rings (SSSR count). The number of piperidine rings is 1. The summed E-state index contributed by atoms with van der Waals surface area (Å²) in [4.78, 5) is 27.9. The Morgan fingerprint density at radius 1 is 1.11 bits per heavy atom. The minimum atomic E-state index is -0.506. The molecule has 2 aromatic rings. The molecule has 3 heterocycles. The zero-order chi connectivity index (χ0) is 25.7. The number of anilines is 3. The molecule has 1 saturated heterocycles. The largest absolute Gasteiger partial charge is 0.481 e. The minimum Gasteiger partial charge on any atom is -0.481 e. The van der Waals surface area contributed by atoms with Crippen molar-refractivity contribution >= 4 is 23.5 Å². The molecule has 0 spiro atoms. The zero-order valence-corrected chi connectivity index (χ0v) is 21.7. The Labute approximate surface area is 212 Å². The third-order valence-electron chi connectivity index (χ3n) is 6.64.